The highest BCUT2D eigenvalue weighted by Gasteiger charge is 2.23. The van der Waals surface area contributed by atoms with Gasteiger partial charge >= 0.3 is 6.03 Å². The van der Waals surface area contributed by atoms with Crippen LogP contribution in [0.5, 0.6) is 0 Å². The number of thioether (sulfide) groups is 1. The van der Waals surface area contributed by atoms with Gasteiger partial charge in [0, 0.05) is 37.5 Å². The first-order valence-electron chi connectivity index (χ1n) is 15.4. The van der Waals surface area contributed by atoms with Gasteiger partial charge in [-0.05, 0) is 56.5 Å². The highest BCUT2D eigenvalue weighted by molar-refractivity contribution is 7.99. The summed E-state index contributed by atoms with van der Waals surface area (Å²) in [6.45, 7) is 18.4. The van der Waals surface area contributed by atoms with Gasteiger partial charge in [0.15, 0.2) is 0 Å². The SMILES string of the molecule is CC.CCNC(=O)COCC(=O)NCCC(C)(C)COCC(C)(C)CNC(=O)CCCCCSCCC(C)NC(N)=O. The number of ether oxygens (including phenoxy) is 2. The molecule has 0 aliphatic rings. The van der Waals surface area contributed by atoms with Crippen LogP contribution in [0.4, 0.5) is 4.79 Å². The molecule has 5 amide bonds. The van der Waals surface area contributed by atoms with Crippen molar-refractivity contribution in [1.29, 1.82) is 0 Å². The lowest BCUT2D eigenvalue weighted by Gasteiger charge is -2.29. The van der Waals surface area contributed by atoms with Crippen LogP contribution in [-0.4, -0.2) is 87.4 Å². The van der Waals surface area contributed by atoms with E-state index in [1.165, 1.54) is 0 Å². The average molecular weight is 620 g/mol. The van der Waals surface area contributed by atoms with Gasteiger partial charge < -0.3 is 36.5 Å². The second kappa shape index (κ2) is 25.4. The van der Waals surface area contributed by atoms with E-state index in [1.807, 2.05) is 39.5 Å². The predicted octanol–water partition coefficient (Wildman–Crippen LogP) is 3.60. The lowest BCUT2D eigenvalue weighted by Crippen LogP contribution is -2.38. The van der Waals surface area contributed by atoms with Crippen LogP contribution in [0.3, 0.4) is 0 Å². The summed E-state index contributed by atoms with van der Waals surface area (Å²) in [6, 6.07) is -0.390. The molecule has 12 heteroatoms. The third-order valence-corrected chi connectivity index (χ3v) is 7.09. The Morgan fingerprint density at radius 2 is 1.43 bits per heavy atom. The third kappa shape index (κ3) is 28.1. The number of primary amides is 1. The summed E-state index contributed by atoms with van der Waals surface area (Å²) in [7, 11) is 0. The molecule has 1 unspecified atom stereocenters. The molecule has 1 atom stereocenters. The van der Waals surface area contributed by atoms with Gasteiger partial charge in [0.1, 0.15) is 13.2 Å². The Kier molecular flexibility index (Phi) is 25.5. The van der Waals surface area contributed by atoms with E-state index in [2.05, 4.69) is 49.0 Å². The summed E-state index contributed by atoms with van der Waals surface area (Å²) in [4.78, 5) is 46.3. The zero-order chi connectivity index (χ0) is 32.4. The lowest BCUT2D eigenvalue weighted by molar-refractivity contribution is -0.131. The van der Waals surface area contributed by atoms with E-state index in [0.29, 0.717) is 39.3 Å². The van der Waals surface area contributed by atoms with Crippen LogP contribution in [0, 0.1) is 10.8 Å². The highest BCUT2D eigenvalue weighted by atomic mass is 32.2. The van der Waals surface area contributed by atoms with Crippen molar-refractivity contribution < 1.29 is 28.7 Å². The molecule has 0 bridgehead atoms. The molecule has 0 radical (unpaired) electrons. The molecule has 0 spiro atoms. The molecule has 0 saturated heterocycles. The van der Waals surface area contributed by atoms with Gasteiger partial charge in [-0.1, -0.05) is 48.0 Å². The fourth-order valence-corrected chi connectivity index (χ4v) is 4.71. The first-order chi connectivity index (χ1) is 19.8. The second-order valence-electron chi connectivity index (χ2n) is 11.8. The Hall–Kier alpha value is -2.05. The molecule has 0 aromatic carbocycles. The van der Waals surface area contributed by atoms with Crippen molar-refractivity contribution in [3.8, 4) is 0 Å². The molecule has 0 aromatic rings. The van der Waals surface area contributed by atoms with E-state index < -0.39 is 6.03 Å². The van der Waals surface area contributed by atoms with Crippen molar-refractivity contribution in [1.82, 2.24) is 21.3 Å². The molecule has 11 nitrogen and oxygen atoms in total. The van der Waals surface area contributed by atoms with Crippen molar-refractivity contribution >= 4 is 35.5 Å². The first-order valence-corrected chi connectivity index (χ1v) is 16.5. The molecule has 6 N–H and O–H groups in total. The van der Waals surface area contributed by atoms with E-state index in [4.69, 9.17) is 15.2 Å². The minimum absolute atomic E-state index is 0.0677. The van der Waals surface area contributed by atoms with E-state index in [1.54, 1.807) is 0 Å². The number of likely N-dealkylation sites (N-methyl/N-ethyl adjacent to an activating group) is 1. The number of rotatable bonds is 24. The van der Waals surface area contributed by atoms with Gasteiger partial charge in [0.25, 0.3) is 0 Å². The van der Waals surface area contributed by atoms with Crippen LogP contribution in [-0.2, 0) is 23.9 Å². The number of hydrogen-bond acceptors (Lipinski definition) is 7. The molecule has 0 aliphatic carbocycles. The van der Waals surface area contributed by atoms with Crippen LogP contribution in [0.2, 0.25) is 0 Å². The maximum absolute atomic E-state index is 12.3. The molecular weight excluding hydrogens is 558 g/mol. The Morgan fingerprint density at radius 3 is 2.05 bits per heavy atom. The lowest BCUT2D eigenvalue weighted by atomic mass is 9.90. The maximum Gasteiger partial charge on any atom is 0.312 e. The van der Waals surface area contributed by atoms with E-state index in [-0.39, 0.29) is 47.8 Å². The van der Waals surface area contributed by atoms with Gasteiger partial charge in [-0.3, -0.25) is 14.4 Å². The largest absolute Gasteiger partial charge is 0.380 e. The summed E-state index contributed by atoms with van der Waals surface area (Å²) in [5.74, 6) is 1.60. The minimum Gasteiger partial charge on any atom is -0.380 e. The van der Waals surface area contributed by atoms with Crippen LogP contribution in [0.25, 0.3) is 0 Å². The van der Waals surface area contributed by atoms with Gasteiger partial charge in [-0.15, -0.1) is 0 Å². The number of amides is 5. The molecule has 0 fully saturated rings. The van der Waals surface area contributed by atoms with Gasteiger partial charge in [0.05, 0.1) is 13.2 Å². The maximum atomic E-state index is 12.3. The van der Waals surface area contributed by atoms with Gasteiger partial charge in [-0.2, -0.15) is 11.8 Å². The summed E-state index contributed by atoms with van der Waals surface area (Å²) in [5.41, 5.74) is 4.78. The fourth-order valence-electron chi connectivity index (χ4n) is 3.57. The summed E-state index contributed by atoms with van der Waals surface area (Å²) < 4.78 is 11.1. The Labute approximate surface area is 259 Å². The Bertz CT molecular complexity index is 752. The molecule has 248 valence electrons. The predicted molar refractivity (Wildman–Crippen MR) is 172 cm³/mol. The number of unbranched alkanes of at least 4 members (excludes halogenated alkanes) is 2. The summed E-state index contributed by atoms with van der Waals surface area (Å²) >= 11 is 1.86. The van der Waals surface area contributed by atoms with E-state index in [9.17, 15) is 19.2 Å². The molecular formula is C30H61N5O6S. The monoisotopic (exact) mass is 619 g/mol. The number of carbonyl (C=O) groups excluding carboxylic acids is 4. The number of nitrogens with one attached hydrogen (secondary N) is 4. The topological polar surface area (TPSA) is 161 Å². The van der Waals surface area contributed by atoms with Crippen molar-refractivity contribution in [3.63, 3.8) is 0 Å². The van der Waals surface area contributed by atoms with Crippen molar-refractivity contribution in [2.75, 3.05) is 57.6 Å². The van der Waals surface area contributed by atoms with Crippen LogP contribution < -0.4 is 27.0 Å². The van der Waals surface area contributed by atoms with Gasteiger partial charge in [-0.25, -0.2) is 4.79 Å². The smallest absolute Gasteiger partial charge is 0.312 e. The molecule has 0 aliphatic heterocycles. The number of hydrogen-bond donors (Lipinski definition) is 5. The third-order valence-electron chi connectivity index (χ3n) is 5.99. The summed E-state index contributed by atoms with van der Waals surface area (Å²) in [6.07, 6.45) is 5.10. The van der Waals surface area contributed by atoms with E-state index in [0.717, 1.165) is 43.6 Å². The quantitative estimate of drug-likeness (QED) is 0.103. The number of urea groups is 1. The average Bonchev–Trinajstić information content (AvgIpc) is 2.89. The molecule has 0 rings (SSSR count). The molecule has 0 aromatic heterocycles. The molecule has 0 saturated carbocycles. The van der Waals surface area contributed by atoms with Crippen molar-refractivity contribution in [2.45, 2.75) is 100.0 Å². The number of nitrogens with two attached hydrogens (primary N) is 1. The molecule has 0 heterocycles. The van der Waals surface area contributed by atoms with Gasteiger partial charge in [0.2, 0.25) is 17.7 Å². The van der Waals surface area contributed by atoms with Crippen molar-refractivity contribution in [2.24, 2.45) is 16.6 Å². The van der Waals surface area contributed by atoms with Crippen molar-refractivity contribution in [3.05, 3.63) is 0 Å². The standard InChI is InChI=1S/C28H55N5O6S.C2H6/c1-7-30-24(35)17-38-18-25(36)31-14-13-27(3,4)20-39-21-28(5,6)19-32-23(34)11-9-8-10-15-40-16-12-22(2)33-26(29)37;1-2/h22H,7-21H2,1-6H3,(H,30,35)(H,31,36)(H,32,34)(H3,29,33,37);1-2H3. The first kappa shape index (κ1) is 42.1. The Balaban J connectivity index is 0. The zero-order valence-corrected chi connectivity index (χ0v) is 28.4. The minimum atomic E-state index is -0.481. The number of carbonyl (C=O) groups is 4. The Morgan fingerprint density at radius 1 is 0.810 bits per heavy atom. The molecule has 42 heavy (non-hydrogen) atoms. The highest BCUT2D eigenvalue weighted by Crippen LogP contribution is 2.22. The van der Waals surface area contributed by atoms with Crippen LogP contribution in [0.1, 0.15) is 93.9 Å². The normalized spacial score (nSPS) is 12.0. The van der Waals surface area contributed by atoms with E-state index >= 15 is 0 Å². The zero-order valence-electron chi connectivity index (χ0n) is 27.6. The van der Waals surface area contributed by atoms with Crippen LogP contribution >= 0.6 is 11.8 Å². The summed E-state index contributed by atoms with van der Waals surface area (Å²) in [5, 5.41) is 11.1. The second-order valence-corrected chi connectivity index (χ2v) is 13.0. The fraction of sp³-hybridized carbons (Fsp3) is 0.867. The van der Waals surface area contributed by atoms with Crippen LogP contribution in [0.15, 0.2) is 0 Å².